The minimum absolute atomic E-state index is 0. The molecule has 0 aliphatic heterocycles. The van der Waals surface area contributed by atoms with Crippen molar-refractivity contribution in [2.75, 3.05) is 0 Å². The first kappa shape index (κ1) is 37.2. The van der Waals surface area contributed by atoms with Crippen LogP contribution in [0.25, 0.3) is 0 Å². The molecular formula is N5O10Ta. The van der Waals surface area contributed by atoms with Crippen molar-refractivity contribution in [1.82, 2.24) is 0 Å². The minimum Gasteiger partial charge on any atom is -0.444 e. The molecule has 16 heavy (non-hydrogen) atoms. The van der Waals surface area contributed by atoms with Crippen LogP contribution in [0.4, 0.5) is 0 Å². The maximum Gasteiger partial charge on any atom is 5.00 e. The van der Waals surface area contributed by atoms with Crippen LogP contribution in [0, 0.1) is 50.6 Å². The number of rotatable bonds is 0. The van der Waals surface area contributed by atoms with Gasteiger partial charge in [-0.05, 0) is 0 Å². The summed E-state index contributed by atoms with van der Waals surface area (Å²) in [5, 5.41) is 45.0. The SMILES string of the molecule is O=N[O-].O=N[O-].O=N[O-].O=N[O-].O=N[O-].[Ta+5]. The predicted molar refractivity (Wildman–Crippen MR) is 45.8 cm³/mol. The molecule has 0 rings (SSSR count). The van der Waals surface area contributed by atoms with E-state index in [1.165, 1.54) is 0 Å². The van der Waals surface area contributed by atoms with E-state index < -0.39 is 0 Å². The fraction of sp³-hybridized carbons (Fsp3) is 0. The maximum atomic E-state index is 8.00. The molecule has 0 N–H and O–H groups in total. The van der Waals surface area contributed by atoms with Gasteiger partial charge in [0.2, 0.25) is 0 Å². The fourth-order valence-electron chi connectivity index (χ4n) is 0. The van der Waals surface area contributed by atoms with Crippen molar-refractivity contribution in [3.05, 3.63) is 50.6 Å². The Balaban J connectivity index is -0.0000000192. The summed E-state index contributed by atoms with van der Waals surface area (Å²) in [5.41, 5.74) is 0. The van der Waals surface area contributed by atoms with Gasteiger partial charge in [0.15, 0.2) is 0 Å². The van der Waals surface area contributed by atoms with Crippen LogP contribution in [0.5, 0.6) is 0 Å². The van der Waals surface area contributed by atoms with Crippen molar-refractivity contribution in [2.45, 2.75) is 0 Å². The van der Waals surface area contributed by atoms with E-state index in [0.717, 1.165) is 26.7 Å². The van der Waals surface area contributed by atoms with Crippen LogP contribution in [0.15, 0.2) is 26.7 Å². The van der Waals surface area contributed by atoms with Gasteiger partial charge < -0.3 is 50.6 Å². The Morgan fingerprint density at radius 3 is 0.438 bits per heavy atom. The molecule has 0 heterocycles. The topological polar surface area (TPSA) is 262 Å². The first-order chi connectivity index (χ1) is 7.07. The van der Waals surface area contributed by atoms with Crippen molar-refractivity contribution < 1.29 is 22.4 Å². The van der Waals surface area contributed by atoms with Crippen molar-refractivity contribution in [3.8, 4) is 0 Å². The summed E-state index contributed by atoms with van der Waals surface area (Å²) in [5.74, 6) is 0. The summed E-state index contributed by atoms with van der Waals surface area (Å²) in [6, 6.07) is 0. The monoisotopic (exact) mass is 411 g/mol. The molecule has 0 unspecified atom stereocenters. The molecule has 90 valence electrons. The molecule has 0 spiro atoms. The standard InChI is InChI=1S/5HNO2.Ta/c5*2-1-3;/h5*(H,2,3);/q;;;;;+5/p-5. The van der Waals surface area contributed by atoms with Gasteiger partial charge in [0.25, 0.3) is 0 Å². The molecule has 0 aromatic heterocycles. The Labute approximate surface area is 100 Å². The van der Waals surface area contributed by atoms with Crippen LogP contribution in [0.1, 0.15) is 0 Å². The van der Waals surface area contributed by atoms with E-state index in [9.17, 15) is 0 Å². The van der Waals surface area contributed by atoms with Crippen LogP contribution in [-0.2, 0) is 22.4 Å². The van der Waals surface area contributed by atoms with Gasteiger partial charge >= 0.3 is 22.4 Å². The Morgan fingerprint density at radius 1 is 0.438 bits per heavy atom. The van der Waals surface area contributed by atoms with E-state index in [1.54, 1.807) is 0 Å². The molecule has 0 radical (unpaired) electrons. The molecule has 0 aromatic carbocycles. The first-order valence-electron chi connectivity index (χ1n) is 1.83. The largest absolute Gasteiger partial charge is 5.00 e. The third-order valence-electron chi connectivity index (χ3n) is 0. The second kappa shape index (κ2) is 234. The van der Waals surface area contributed by atoms with Crippen molar-refractivity contribution in [1.29, 1.82) is 0 Å². The maximum absolute atomic E-state index is 8.00. The molecule has 0 saturated carbocycles. The molecule has 0 fully saturated rings. The van der Waals surface area contributed by atoms with E-state index in [0.29, 0.717) is 0 Å². The van der Waals surface area contributed by atoms with Gasteiger partial charge in [-0.3, -0.25) is 0 Å². The van der Waals surface area contributed by atoms with Crippen LogP contribution in [0.3, 0.4) is 0 Å². The van der Waals surface area contributed by atoms with Gasteiger partial charge in [-0.15, -0.1) is 26.7 Å². The zero-order valence-electron chi connectivity index (χ0n) is 6.77. The molecule has 0 saturated heterocycles. The van der Waals surface area contributed by atoms with Gasteiger partial charge in [0.05, 0.1) is 0 Å². The third-order valence-corrected chi connectivity index (χ3v) is 0. The van der Waals surface area contributed by atoms with E-state index in [4.69, 9.17) is 50.6 Å². The first-order valence-corrected chi connectivity index (χ1v) is 1.83. The summed E-state index contributed by atoms with van der Waals surface area (Å²) in [7, 11) is 0. The van der Waals surface area contributed by atoms with E-state index >= 15 is 0 Å². The quantitative estimate of drug-likeness (QED) is 0.406. The Morgan fingerprint density at radius 2 is 0.438 bits per heavy atom. The van der Waals surface area contributed by atoms with Gasteiger partial charge in [-0.2, -0.15) is 0 Å². The van der Waals surface area contributed by atoms with Crippen LogP contribution in [-0.4, -0.2) is 0 Å². The zero-order valence-corrected chi connectivity index (χ0v) is 9.98. The molecule has 0 aliphatic carbocycles. The molecule has 15 nitrogen and oxygen atoms in total. The third kappa shape index (κ3) is 265. The number of nitrogens with zero attached hydrogens (tertiary/aromatic N) is 5. The van der Waals surface area contributed by atoms with Gasteiger partial charge in [-0.1, -0.05) is 0 Å². The molecular weight excluding hydrogens is 411 g/mol. The van der Waals surface area contributed by atoms with Crippen LogP contribution in [0.2, 0.25) is 0 Å². The summed E-state index contributed by atoms with van der Waals surface area (Å²) in [6.07, 6.45) is 0. The second-order valence-electron chi connectivity index (χ2n) is 0.373. The van der Waals surface area contributed by atoms with E-state index in [2.05, 4.69) is 0 Å². The van der Waals surface area contributed by atoms with Crippen molar-refractivity contribution in [2.24, 2.45) is 26.7 Å². The molecule has 0 aliphatic rings. The second-order valence-corrected chi connectivity index (χ2v) is 0.373. The van der Waals surface area contributed by atoms with Crippen molar-refractivity contribution in [3.63, 3.8) is 0 Å². The summed E-state index contributed by atoms with van der Waals surface area (Å²) < 4.78 is 0. The molecule has 0 atom stereocenters. The summed E-state index contributed by atoms with van der Waals surface area (Å²) >= 11 is 0. The smallest absolute Gasteiger partial charge is 0.444 e. The number of hydrogen-bond donors (Lipinski definition) is 0. The predicted octanol–water partition coefficient (Wildman–Crippen LogP) is 1.25. The molecule has 16 heteroatoms. The van der Waals surface area contributed by atoms with Crippen LogP contribution >= 0.6 is 0 Å². The van der Waals surface area contributed by atoms with E-state index in [-0.39, 0.29) is 22.4 Å². The number of hydrogen-bond acceptors (Lipinski definition) is 15. The summed E-state index contributed by atoms with van der Waals surface area (Å²) in [4.78, 5) is 40.0. The fourth-order valence-corrected chi connectivity index (χ4v) is 0. The zero-order chi connectivity index (χ0) is 13.5. The van der Waals surface area contributed by atoms with Gasteiger partial charge in [0, 0.05) is 0 Å². The Kier molecular flexibility index (Phi) is 544. The Bertz CT molecular complexity index is 91.5. The molecule has 0 bridgehead atoms. The minimum atomic E-state index is 0. The average molecular weight is 411 g/mol. The van der Waals surface area contributed by atoms with Crippen LogP contribution < -0.4 is 0 Å². The Hall–Kier alpha value is -2.26. The molecule has 0 amide bonds. The van der Waals surface area contributed by atoms with Crippen molar-refractivity contribution >= 4 is 0 Å². The van der Waals surface area contributed by atoms with Gasteiger partial charge in [0.1, 0.15) is 0 Å². The molecule has 0 aromatic rings. The average Bonchev–Trinajstić information content (AvgIpc) is 2.09. The van der Waals surface area contributed by atoms with Gasteiger partial charge in [-0.25, -0.2) is 0 Å². The summed E-state index contributed by atoms with van der Waals surface area (Å²) in [6.45, 7) is 0. The van der Waals surface area contributed by atoms with E-state index in [1.807, 2.05) is 0 Å². The normalized spacial score (nSPS) is 3.75.